The van der Waals surface area contributed by atoms with Gasteiger partial charge in [0.25, 0.3) is 5.91 Å². The molecule has 1 heterocycles. The molecule has 0 unspecified atom stereocenters. The highest BCUT2D eigenvalue weighted by Gasteiger charge is 2.15. The Labute approximate surface area is 160 Å². The Hall–Kier alpha value is -3.21. The van der Waals surface area contributed by atoms with E-state index in [0.29, 0.717) is 18.2 Å². The van der Waals surface area contributed by atoms with Gasteiger partial charge in [-0.05, 0) is 43.5 Å². The van der Waals surface area contributed by atoms with E-state index >= 15 is 0 Å². The minimum absolute atomic E-state index is 0.137. The number of hydrogen-bond donors (Lipinski definition) is 1. The van der Waals surface area contributed by atoms with Gasteiger partial charge in [0.2, 0.25) is 5.95 Å². The topological polar surface area (TPSA) is 58.1 Å². The molecule has 0 spiro atoms. The lowest BCUT2D eigenvalue weighted by Crippen LogP contribution is -2.27. The average Bonchev–Trinajstić information content (AvgIpc) is 2.65. The first-order chi connectivity index (χ1) is 12.9. The Kier molecular flexibility index (Phi) is 5.50. The van der Waals surface area contributed by atoms with Crippen LogP contribution in [0.25, 0.3) is 0 Å². The van der Waals surface area contributed by atoms with Gasteiger partial charge in [0.05, 0.1) is 0 Å². The molecular weight excluding hydrogens is 336 g/mol. The standard InChI is InChI=1S/C22H24N4O/c1-15-12-16(2)20(17(3)13-15)25-22-23-11-10-19(24-22)21(27)26(4)14-18-8-6-5-7-9-18/h5-13H,14H2,1-4H3,(H,23,24,25). The van der Waals surface area contributed by atoms with Crippen molar-refractivity contribution in [1.29, 1.82) is 0 Å². The SMILES string of the molecule is Cc1cc(C)c(Nc2nccc(C(=O)N(C)Cc3ccccc3)n2)c(C)c1. The summed E-state index contributed by atoms with van der Waals surface area (Å²) in [7, 11) is 1.78. The molecule has 5 heteroatoms. The number of aromatic nitrogens is 2. The van der Waals surface area contributed by atoms with Gasteiger partial charge in [0.15, 0.2) is 0 Å². The summed E-state index contributed by atoms with van der Waals surface area (Å²) in [5, 5.41) is 3.26. The quantitative estimate of drug-likeness (QED) is 0.732. The summed E-state index contributed by atoms with van der Waals surface area (Å²) in [5.74, 6) is 0.283. The van der Waals surface area contributed by atoms with Gasteiger partial charge in [0.1, 0.15) is 5.69 Å². The molecule has 0 radical (unpaired) electrons. The molecule has 5 nitrogen and oxygen atoms in total. The third kappa shape index (κ3) is 4.50. The summed E-state index contributed by atoms with van der Waals surface area (Å²) in [6.07, 6.45) is 1.61. The zero-order valence-corrected chi connectivity index (χ0v) is 16.2. The summed E-state index contributed by atoms with van der Waals surface area (Å²) < 4.78 is 0. The van der Waals surface area contributed by atoms with Crippen molar-refractivity contribution in [2.75, 3.05) is 12.4 Å². The average molecular weight is 360 g/mol. The Balaban J connectivity index is 1.78. The van der Waals surface area contributed by atoms with Gasteiger partial charge < -0.3 is 10.2 Å². The number of rotatable bonds is 5. The van der Waals surface area contributed by atoms with Crippen LogP contribution in [-0.4, -0.2) is 27.8 Å². The number of carbonyl (C=O) groups is 1. The molecular formula is C22H24N4O. The molecule has 3 aromatic rings. The summed E-state index contributed by atoms with van der Waals surface area (Å²) in [5.41, 5.74) is 5.87. The van der Waals surface area contributed by atoms with Crippen LogP contribution in [0.15, 0.2) is 54.7 Å². The molecule has 1 N–H and O–H groups in total. The zero-order chi connectivity index (χ0) is 19.4. The minimum atomic E-state index is -0.137. The number of hydrogen-bond acceptors (Lipinski definition) is 4. The molecule has 1 aromatic heterocycles. The van der Waals surface area contributed by atoms with Gasteiger partial charge >= 0.3 is 0 Å². The molecule has 0 bridgehead atoms. The van der Waals surface area contributed by atoms with E-state index < -0.39 is 0 Å². The molecule has 138 valence electrons. The lowest BCUT2D eigenvalue weighted by molar-refractivity contribution is 0.0779. The van der Waals surface area contributed by atoms with Crippen LogP contribution in [0.1, 0.15) is 32.7 Å². The first-order valence-electron chi connectivity index (χ1n) is 8.91. The van der Waals surface area contributed by atoms with Gasteiger partial charge in [0, 0.05) is 25.5 Å². The highest BCUT2D eigenvalue weighted by atomic mass is 16.2. The predicted octanol–water partition coefficient (Wildman–Crippen LogP) is 4.42. The minimum Gasteiger partial charge on any atom is -0.336 e. The first kappa shape index (κ1) is 18.6. The van der Waals surface area contributed by atoms with E-state index in [1.54, 1.807) is 24.2 Å². The van der Waals surface area contributed by atoms with Crippen molar-refractivity contribution in [3.63, 3.8) is 0 Å². The Bertz CT molecular complexity index is 931. The fourth-order valence-electron chi connectivity index (χ4n) is 3.15. The number of carbonyl (C=O) groups excluding carboxylic acids is 1. The van der Waals surface area contributed by atoms with Gasteiger partial charge in [-0.3, -0.25) is 4.79 Å². The van der Waals surface area contributed by atoms with Crippen molar-refractivity contribution in [2.24, 2.45) is 0 Å². The highest BCUT2D eigenvalue weighted by molar-refractivity contribution is 5.92. The maximum absolute atomic E-state index is 12.7. The second-order valence-electron chi connectivity index (χ2n) is 6.81. The van der Waals surface area contributed by atoms with E-state index in [-0.39, 0.29) is 5.91 Å². The molecule has 27 heavy (non-hydrogen) atoms. The second-order valence-corrected chi connectivity index (χ2v) is 6.81. The van der Waals surface area contributed by atoms with Crippen LogP contribution in [0.4, 0.5) is 11.6 Å². The van der Waals surface area contributed by atoms with Crippen molar-refractivity contribution in [3.8, 4) is 0 Å². The number of benzene rings is 2. The van der Waals surface area contributed by atoms with Crippen molar-refractivity contribution >= 4 is 17.5 Å². The third-order valence-electron chi connectivity index (χ3n) is 4.40. The van der Waals surface area contributed by atoms with Gasteiger partial charge in [-0.25, -0.2) is 9.97 Å². The van der Waals surface area contributed by atoms with Gasteiger partial charge in [-0.2, -0.15) is 0 Å². The molecule has 2 aromatic carbocycles. The fourth-order valence-corrected chi connectivity index (χ4v) is 3.15. The van der Waals surface area contributed by atoms with E-state index in [2.05, 4.69) is 34.3 Å². The monoisotopic (exact) mass is 360 g/mol. The number of nitrogens with zero attached hydrogens (tertiary/aromatic N) is 3. The first-order valence-corrected chi connectivity index (χ1v) is 8.91. The van der Waals surface area contributed by atoms with Crippen molar-refractivity contribution in [3.05, 3.63) is 82.7 Å². The fraction of sp³-hybridized carbons (Fsp3) is 0.227. The molecule has 0 fully saturated rings. The maximum Gasteiger partial charge on any atom is 0.272 e. The number of anilines is 2. The smallest absolute Gasteiger partial charge is 0.272 e. The lowest BCUT2D eigenvalue weighted by Gasteiger charge is -2.17. The number of amides is 1. The zero-order valence-electron chi connectivity index (χ0n) is 16.2. The van der Waals surface area contributed by atoms with Crippen LogP contribution in [0.5, 0.6) is 0 Å². The Morgan fingerprint density at radius 1 is 1.04 bits per heavy atom. The summed E-state index contributed by atoms with van der Waals surface area (Å²) in [6.45, 7) is 6.70. The molecule has 3 rings (SSSR count). The van der Waals surface area contributed by atoms with Gasteiger partial charge in [-0.1, -0.05) is 48.0 Å². The summed E-state index contributed by atoms with van der Waals surface area (Å²) in [4.78, 5) is 23.1. The maximum atomic E-state index is 12.7. The summed E-state index contributed by atoms with van der Waals surface area (Å²) >= 11 is 0. The predicted molar refractivity (Wildman–Crippen MR) is 108 cm³/mol. The lowest BCUT2D eigenvalue weighted by atomic mass is 10.1. The van der Waals surface area contributed by atoms with Crippen molar-refractivity contribution < 1.29 is 4.79 Å². The van der Waals surface area contributed by atoms with E-state index in [9.17, 15) is 4.79 Å². The molecule has 0 saturated carbocycles. The normalized spacial score (nSPS) is 10.5. The van der Waals surface area contributed by atoms with Crippen LogP contribution in [0, 0.1) is 20.8 Å². The second kappa shape index (κ2) is 7.99. The van der Waals surface area contributed by atoms with Crippen LogP contribution >= 0.6 is 0 Å². The Morgan fingerprint density at radius 3 is 2.37 bits per heavy atom. The number of nitrogens with one attached hydrogen (secondary N) is 1. The number of aryl methyl sites for hydroxylation is 3. The summed E-state index contributed by atoms with van der Waals surface area (Å²) in [6, 6.07) is 15.8. The van der Waals surface area contributed by atoms with E-state index in [4.69, 9.17) is 0 Å². The molecule has 0 atom stereocenters. The molecule has 0 aliphatic heterocycles. The molecule has 0 saturated heterocycles. The molecule has 0 aliphatic carbocycles. The van der Waals surface area contributed by atoms with Gasteiger partial charge in [-0.15, -0.1) is 0 Å². The Morgan fingerprint density at radius 2 is 1.70 bits per heavy atom. The molecule has 0 aliphatic rings. The van der Waals surface area contributed by atoms with E-state index in [0.717, 1.165) is 22.4 Å². The van der Waals surface area contributed by atoms with E-state index in [1.165, 1.54) is 5.56 Å². The largest absolute Gasteiger partial charge is 0.336 e. The van der Waals surface area contributed by atoms with Crippen LogP contribution in [0.2, 0.25) is 0 Å². The van der Waals surface area contributed by atoms with Crippen LogP contribution in [-0.2, 0) is 6.54 Å². The third-order valence-corrected chi connectivity index (χ3v) is 4.40. The van der Waals surface area contributed by atoms with Crippen LogP contribution in [0.3, 0.4) is 0 Å². The van der Waals surface area contributed by atoms with E-state index in [1.807, 2.05) is 44.2 Å². The van der Waals surface area contributed by atoms with Crippen molar-refractivity contribution in [2.45, 2.75) is 27.3 Å². The van der Waals surface area contributed by atoms with Crippen LogP contribution < -0.4 is 5.32 Å². The van der Waals surface area contributed by atoms with Crippen molar-refractivity contribution in [1.82, 2.24) is 14.9 Å². The molecule has 1 amide bonds. The highest BCUT2D eigenvalue weighted by Crippen LogP contribution is 2.24.